The van der Waals surface area contributed by atoms with Gasteiger partial charge in [-0.3, -0.25) is 14.9 Å². The standard InChI is InChI=1S/C48H60N10O11S/c1-45(2,3)66-42(62)53-41-51-34(28-70-41)36(55-69-48(20-21-48)40(61)65-37(30-16-12-10-13-17-30)31-18-14-11-15-19-31)39(60)52-35-33(50-38(35)59)27-58-49-22-32(54-58)26-57(44(64)68-47(7,8)9)25-29-23-56(24-29)43(63)67-46(4,5)6/h10-19,22,28-29,33,35,37H,20-21,23-27H2,1-9H3,(H,50,59)(H,52,60)(H,51,53,62)/b55-36+/t33-,35+/m1/s1. The van der Waals surface area contributed by atoms with Gasteiger partial charge in [-0.05, 0) is 73.4 Å². The highest BCUT2D eigenvalue weighted by Gasteiger charge is 2.57. The molecule has 0 unspecified atom stereocenters. The van der Waals surface area contributed by atoms with Crippen LogP contribution in [0.3, 0.4) is 0 Å². The Morgan fingerprint density at radius 3 is 2.07 bits per heavy atom. The van der Waals surface area contributed by atoms with E-state index in [2.05, 4.69) is 36.3 Å². The summed E-state index contributed by atoms with van der Waals surface area (Å²) in [5.74, 6) is -2.08. The monoisotopic (exact) mass is 984 g/mol. The molecule has 7 rings (SSSR count). The fraction of sp³-hybridized carbons (Fsp3) is 0.500. The summed E-state index contributed by atoms with van der Waals surface area (Å²) in [5.41, 5.74) is -2.21. The third-order valence-electron chi connectivity index (χ3n) is 10.7. The van der Waals surface area contributed by atoms with Crippen LogP contribution in [0.4, 0.5) is 19.5 Å². The van der Waals surface area contributed by atoms with Gasteiger partial charge in [-0.1, -0.05) is 65.8 Å². The second kappa shape index (κ2) is 20.5. The largest absolute Gasteiger partial charge is 0.450 e. The molecule has 0 spiro atoms. The molecule has 2 atom stereocenters. The highest BCUT2D eigenvalue weighted by Crippen LogP contribution is 2.43. The molecule has 4 aromatic rings. The summed E-state index contributed by atoms with van der Waals surface area (Å²) in [4.78, 5) is 94.5. The number of hydrogen-bond acceptors (Lipinski definition) is 16. The lowest BCUT2D eigenvalue weighted by atomic mass is 9.98. The number of thiazole rings is 1. The minimum absolute atomic E-state index is 0.0205. The fourth-order valence-corrected chi connectivity index (χ4v) is 7.93. The topological polar surface area (TPSA) is 247 Å². The minimum atomic E-state index is -1.52. The molecular weight excluding hydrogens is 925 g/mol. The van der Waals surface area contributed by atoms with Crippen molar-refractivity contribution in [2.45, 2.75) is 129 Å². The van der Waals surface area contributed by atoms with Gasteiger partial charge in [-0.15, -0.1) is 11.3 Å². The molecule has 0 radical (unpaired) electrons. The van der Waals surface area contributed by atoms with E-state index in [9.17, 15) is 28.8 Å². The Morgan fingerprint density at radius 2 is 1.50 bits per heavy atom. The molecule has 374 valence electrons. The number of aromatic nitrogens is 4. The Labute approximate surface area is 409 Å². The van der Waals surface area contributed by atoms with E-state index in [1.54, 1.807) is 67.2 Å². The number of nitrogens with zero attached hydrogens (tertiary/aromatic N) is 7. The first-order valence-corrected chi connectivity index (χ1v) is 23.8. The Kier molecular flexibility index (Phi) is 14.8. The molecule has 22 heteroatoms. The molecule has 70 heavy (non-hydrogen) atoms. The third-order valence-corrected chi connectivity index (χ3v) is 11.5. The molecule has 21 nitrogen and oxygen atoms in total. The zero-order valence-corrected chi connectivity index (χ0v) is 41.5. The number of ether oxygens (including phenoxy) is 4. The number of oxime groups is 1. The number of esters is 1. The van der Waals surface area contributed by atoms with Crippen molar-refractivity contribution in [1.82, 2.24) is 40.4 Å². The highest BCUT2D eigenvalue weighted by atomic mass is 32.1. The van der Waals surface area contributed by atoms with Crippen LogP contribution in [0, 0.1) is 5.92 Å². The van der Waals surface area contributed by atoms with E-state index < -0.39 is 76.7 Å². The van der Waals surface area contributed by atoms with Gasteiger partial charge in [0.05, 0.1) is 25.3 Å². The Hall–Kier alpha value is -7.10. The lowest BCUT2D eigenvalue weighted by molar-refractivity contribution is -0.164. The first-order chi connectivity index (χ1) is 32.9. The Morgan fingerprint density at radius 1 is 0.886 bits per heavy atom. The third kappa shape index (κ3) is 13.6. The van der Waals surface area contributed by atoms with Crippen LogP contribution in [0.2, 0.25) is 0 Å². The van der Waals surface area contributed by atoms with Crippen molar-refractivity contribution in [3.8, 4) is 0 Å². The average molecular weight is 985 g/mol. The van der Waals surface area contributed by atoms with Crippen molar-refractivity contribution in [2.75, 3.05) is 25.0 Å². The van der Waals surface area contributed by atoms with E-state index in [1.165, 1.54) is 21.3 Å². The smallest absolute Gasteiger partial charge is 0.413 e. The van der Waals surface area contributed by atoms with Crippen LogP contribution in [0.15, 0.2) is 77.4 Å². The summed E-state index contributed by atoms with van der Waals surface area (Å²) < 4.78 is 22.6. The summed E-state index contributed by atoms with van der Waals surface area (Å²) in [6.45, 7) is 17.0. The quantitative estimate of drug-likeness (QED) is 0.0386. The first-order valence-electron chi connectivity index (χ1n) is 22.9. The van der Waals surface area contributed by atoms with Gasteiger partial charge in [0.15, 0.2) is 16.9 Å². The van der Waals surface area contributed by atoms with E-state index in [1.807, 2.05) is 60.7 Å². The number of amides is 5. The summed E-state index contributed by atoms with van der Waals surface area (Å²) in [6, 6.07) is 16.7. The Bertz CT molecular complexity index is 2530. The van der Waals surface area contributed by atoms with Crippen molar-refractivity contribution in [3.63, 3.8) is 0 Å². The zero-order valence-electron chi connectivity index (χ0n) is 40.7. The lowest BCUT2D eigenvalue weighted by Crippen LogP contribution is -2.70. The molecule has 2 aromatic heterocycles. The van der Waals surface area contributed by atoms with Crippen LogP contribution in [-0.4, -0.2) is 126 Å². The predicted molar refractivity (Wildman–Crippen MR) is 254 cm³/mol. The van der Waals surface area contributed by atoms with Gasteiger partial charge in [0.2, 0.25) is 11.5 Å². The minimum Gasteiger partial charge on any atom is -0.450 e. The molecule has 4 heterocycles. The first kappa shape index (κ1) is 50.8. The second-order valence-corrected chi connectivity index (χ2v) is 21.2. The maximum Gasteiger partial charge on any atom is 0.413 e. The molecule has 1 aliphatic carbocycles. The molecule has 2 saturated heterocycles. The molecule has 3 fully saturated rings. The summed E-state index contributed by atoms with van der Waals surface area (Å²) in [6.07, 6.45) is -0.523. The van der Waals surface area contributed by atoms with E-state index in [0.717, 1.165) is 22.5 Å². The molecule has 5 amide bonds. The van der Waals surface area contributed by atoms with Crippen LogP contribution < -0.4 is 16.0 Å². The normalized spacial score (nSPS) is 17.8. The fourth-order valence-electron chi connectivity index (χ4n) is 7.25. The molecule has 2 aliphatic heterocycles. The number of β-lactam (4-membered cyclic amide) rings is 1. The number of hydrogen-bond donors (Lipinski definition) is 3. The van der Waals surface area contributed by atoms with Crippen LogP contribution in [-0.2, 0) is 51.3 Å². The van der Waals surface area contributed by atoms with Gasteiger partial charge in [0, 0.05) is 43.8 Å². The van der Waals surface area contributed by atoms with Gasteiger partial charge >= 0.3 is 24.2 Å². The van der Waals surface area contributed by atoms with E-state index >= 15 is 0 Å². The van der Waals surface area contributed by atoms with Crippen LogP contribution >= 0.6 is 11.3 Å². The summed E-state index contributed by atoms with van der Waals surface area (Å²) >= 11 is 0.988. The molecule has 2 aromatic carbocycles. The molecule has 1 saturated carbocycles. The van der Waals surface area contributed by atoms with E-state index in [4.69, 9.17) is 23.8 Å². The van der Waals surface area contributed by atoms with Gasteiger partial charge in [0.25, 0.3) is 5.91 Å². The number of carbonyl (C=O) groups is 6. The number of benzene rings is 2. The zero-order chi connectivity index (χ0) is 50.6. The van der Waals surface area contributed by atoms with Gasteiger partial charge in [0.1, 0.15) is 34.2 Å². The molecule has 0 bridgehead atoms. The van der Waals surface area contributed by atoms with E-state index in [-0.39, 0.29) is 54.9 Å². The number of carbonyl (C=O) groups excluding carboxylic acids is 6. The highest BCUT2D eigenvalue weighted by molar-refractivity contribution is 7.14. The Balaban J connectivity index is 1.04. The summed E-state index contributed by atoms with van der Waals surface area (Å²) in [7, 11) is 0. The average Bonchev–Trinajstić information content (AvgIpc) is 3.69. The van der Waals surface area contributed by atoms with Gasteiger partial charge in [-0.25, -0.2) is 24.2 Å². The van der Waals surface area contributed by atoms with Crippen LogP contribution in [0.5, 0.6) is 0 Å². The van der Waals surface area contributed by atoms with E-state index in [0.29, 0.717) is 18.8 Å². The number of anilines is 1. The SMILES string of the molecule is CC(C)(C)OC(=O)Nc1nc(/C(=N\OC2(C(=O)OC(c3ccccc3)c3ccccc3)CC2)C(=O)N[C@@H]2C(=O)N[C@@H]2Cn2ncc(CN(CC3CN(C(=O)OC(C)(C)C)C3)C(=O)OC(C)(C)C)n2)cs1. The van der Waals surface area contributed by atoms with Crippen molar-refractivity contribution in [1.29, 1.82) is 0 Å². The molecule has 3 N–H and O–H groups in total. The van der Waals surface area contributed by atoms with Gasteiger partial charge in [-0.2, -0.15) is 15.0 Å². The molecular formula is C48H60N10O11S. The maximum absolute atomic E-state index is 14.2. The maximum atomic E-state index is 14.2. The molecule has 3 aliphatic rings. The second-order valence-electron chi connectivity index (χ2n) is 20.4. The van der Waals surface area contributed by atoms with Crippen molar-refractivity contribution in [2.24, 2.45) is 11.1 Å². The predicted octanol–water partition coefficient (Wildman–Crippen LogP) is 5.96. The van der Waals surface area contributed by atoms with Crippen molar-refractivity contribution >= 4 is 58.2 Å². The number of likely N-dealkylation sites (tertiary alicyclic amines) is 1. The van der Waals surface area contributed by atoms with Crippen molar-refractivity contribution in [3.05, 3.63) is 94.8 Å². The van der Waals surface area contributed by atoms with Crippen LogP contribution in [0.1, 0.15) is 104 Å². The number of rotatable bonds is 16. The summed E-state index contributed by atoms with van der Waals surface area (Å²) in [5, 5.41) is 22.7. The lowest BCUT2D eigenvalue weighted by Gasteiger charge is -2.41. The number of nitrogens with one attached hydrogen (secondary N) is 3. The van der Waals surface area contributed by atoms with Crippen molar-refractivity contribution < 1.29 is 52.6 Å². The van der Waals surface area contributed by atoms with Crippen LogP contribution in [0.25, 0.3) is 0 Å². The van der Waals surface area contributed by atoms with Gasteiger partial charge < -0.3 is 44.2 Å².